The maximum absolute atomic E-state index is 2.46. The Labute approximate surface area is 148 Å². The van der Waals surface area contributed by atoms with E-state index in [4.69, 9.17) is 0 Å². The molecule has 128 valence electrons. The van der Waals surface area contributed by atoms with Gasteiger partial charge in [-0.1, -0.05) is 87.2 Å². The third-order valence-corrected chi connectivity index (χ3v) is 6.17. The van der Waals surface area contributed by atoms with E-state index in [1.807, 2.05) is 0 Å². The summed E-state index contributed by atoms with van der Waals surface area (Å²) < 4.78 is 0. The van der Waals surface area contributed by atoms with Crippen molar-refractivity contribution in [2.45, 2.75) is 59.3 Å². The van der Waals surface area contributed by atoms with Gasteiger partial charge in [-0.2, -0.15) is 0 Å². The van der Waals surface area contributed by atoms with E-state index in [0.29, 0.717) is 0 Å². The zero-order valence-corrected chi connectivity index (χ0v) is 15.6. The van der Waals surface area contributed by atoms with Crippen LogP contribution in [0, 0.1) is 24.7 Å². The molecular formula is C24H32. The van der Waals surface area contributed by atoms with Gasteiger partial charge in [0.2, 0.25) is 0 Å². The Morgan fingerprint density at radius 2 is 1.38 bits per heavy atom. The van der Waals surface area contributed by atoms with Crippen molar-refractivity contribution < 1.29 is 0 Å². The maximum atomic E-state index is 2.46. The van der Waals surface area contributed by atoms with Gasteiger partial charge in [0, 0.05) is 0 Å². The van der Waals surface area contributed by atoms with Crippen molar-refractivity contribution >= 4 is 0 Å². The fraction of sp³-hybridized carbons (Fsp3) is 0.500. The van der Waals surface area contributed by atoms with E-state index in [1.165, 1.54) is 60.8 Å². The van der Waals surface area contributed by atoms with Crippen LogP contribution in [-0.4, -0.2) is 0 Å². The summed E-state index contributed by atoms with van der Waals surface area (Å²) in [6, 6.07) is 18.1. The van der Waals surface area contributed by atoms with E-state index in [1.54, 1.807) is 0 Å². The minimum Gasteiger partial charge on any atom is -0.0651 e. The van der Waals surface area contributed by atoms with Crippen molar-refractivity contribution in [3.05, 3.63) is 59.7 Å². The summed E-state index contributed by atoms with van der Waals surface area (Å²) in [6.45, 7) is 6.96. The molecule has 1 unspecified atom stereocenters. The highest BCUT2D eigenvalue weighted by atomic mass is 14.3. The molecule has 0 amide bonds. The van der Waals surface area contributed by atoms with Crippen molar-refractivity contribution in [1.29, 1.82) is 0 Å². The molecule has 0 spiro atoms. The largest absolute Gasteiger partial charge is 0.0651 e. The van der Waals surface area contributed by atoms with Crippen LogP contribution in [0.1, 0.15) is 57.1 Å². The molecule has 1 atom stereocenters. The molecule has 1 aliphatic rings. The van der Waals surface area contributed by atoms with Crippen LogP contribution in [0.15, 0.2) is 48.5 Å². The van der Waals surface area contributed by atoms with E-state index in [0.717, 1.165) is 17.8 Å². The molecule has 2 aromatic rings. The van der Waals surface area contributed by atoms with Crippen LogP contribution >= 0.6 is 0 Å². The molecule has 0 bridgehead atoms. The first-order valence-corrected chi connectivity index (χ1v) is 9.81. The smallest absolute Gasteiger partial charge is 0.0184 e. The average Bonchev–Trinajstić information content (AvgIpc) is 2.63. The van der Waals surface area contributed by atoms with E-state index in [2.05, 4.69) is 69.3 Å². The lowest BCUT2D eigenvalue weighted by Gasteiger charge is -2.32. The lowest BCUT2D eigenvalue weighted by atomic mass is 9.74. The molecule has 3 rings (SSSR count). The topological polar surface area (TPSA) is 0 Å². The lowest BCUT2D eigenvalue weighted by molar-refractivity contribution is 0.210. The molecule has 1 aliphatic carbocycles. The molecule has 0 heterocycles. The van der Waals surface area contributed by atoms with Crippen molar-refractivity contribution in [3.63, 3.8) is 0 Å². The Kier molecular flexibility index (Phi) is 5.76. The molecule has 0 aromatic heterocycles. The summed E-state index contributed by atoms with van der Waals surface area (Å²) in [6.07, 6.45) is 8.41. The fourth-order valence-corrected chi connectivity index (χ4v) is 4.28. The predicted molar refractivity (Wildman–Crippen MR) is 105 cm³/mol. The second kappa shape index (κ2) is 8.01. The Bertz CT molecular complexity index is 612. The van der Waals surface area contributed by atoms with Gasteiger partial charge in [0.05, 0.1) is 0 Å². The van der Waals surface area contributed by atoms with Gasteiger partial charge < -0.3 is 0 Å². The Balaban J connectivity index is 1.59. The van der Waals surface area contributed by atoms with Gasteiger partial charge in [0.15, 0.2) is 0 Å². The van der Waals surface area contributed by atoms with Gasteiger partial charge in [-0.3, -0.25) is 0 Å². The van der Waals surface area contributed by atoms with Crippen LogP contribution in [0.2, 0.25) is 0 Å². The van der Waals surface area contributed by atoms with Crippen molar-refractivity contribution in [2.24, 2.45) is 17.8 Å². The van der Waals surface area contributed by atoms with Crippen LogP contribution in [0.4, 0.5) is 0 Å². The van der Waals surface area contributed by atoms with Crippen LogP contribution < -0.4 is 0 Å². The summed E-state index contributed by atoms with van der Waals surface area (Å²) in [5.74, 6) is 2.75. The lowest BCUT2D eigenvalue weighted by Crippen LogP contribution is -2.21. The molecular weight excluding hydrogens is 288 g/mol. The summed E-state index contributed by atoms with van der Waals surface area (Å²) in [5, 5.41) is 0. The molecule has 1 fully saturated rings. The normalized spacial score (nSPS) is 22.3. The van der Waals surface area contributed by atoms with Gasteiger partial charge in [-0.05, 0) is 60.6 Å². The number of rotatable bonds is 5. The van der Waals surface area contributed by atoms with Crippen LogP contribution in [0.25, 0.3) is 11.1 Å². The molecule has 0 saturated heterocycles. The summed E-state index contributed by atoms with van der Waals surface area (Å²) in [5.41, 5.74) is 5.46. The molecule has 0 nitrogen and oxygen atoms in total. The molecule has 24 heavy (non-hydrogen) atoms. The SMILES string of the molecule is CCC1CCC(C(C)Cc2ccc(-c3ccc(C)cc3)cc2)CC1. The number of aryl methyl sites for hydroxylation is 1. The first kappa shape index (κ1) is 17.3. The molecule has 0 aliphatic heterocycles. The highest BCUT2D eigenvalue weighted by molar-refractivity contribution is 5.63. The Morgan fingerprint density at radius 3 is 1.92 bits per heavy atom. The van der Waals surface area contributed by atoms with E-state index >= 15 is 0 Å². The van der Waals surface area contributed by atoms with Crippen LogP contribution in [0.5, 0.6) is 0 Å². The van der Waals surface area contributed by atoms with Crippen molar-refractivity contribution in [3.8, 4) is 11.1 Å². The first-order valence-electron chi connectivity index (χ1n) is 9.81. The standard InChI is InChI=1S/C24H32/c1-4-20-7-13-22(14-8-20)19(3)17-21-9-15-24(16-10-21)23-11-5-18(2)6-12-23/h5-6,9-12,15-16,19-20,22H,4,7-8,13-14,17H2,1-3H3. The minimum atomic E-state index is 0.813. The third-order valence-electron chi connectivity index (χ3n) is 6.17. The highest BCUT2D eigenvalue weighted by Gasteiger charge is 2.24. The van der Waals surface area contributed by atoms with Gasteiger partial charge in [-0.25, -0.2) is 0 Å². The summed E-state index contributed by atoms with van der Waals surface area (Å²) >= 11 is 0. The highest BCUT2D eigenvalue weighted by Crippen LogP contribution is 2.36. The Hall–Kier alpha value is -1.56. The van der Waals surface area contributed by atoms with E-state index < -0.39 is 0 Å². The van der Waals surface area contributed by atoms with Gasteiger partial charge in [0.1, 0.15) is 0 Å². The second-order valence-corrected chi connectivity index (χ2v) is 7.93. The number of hydrogen-bond acceptors (Lipinski definition) is 0. The zero-order chi connectivity index (χ0) is 16.9. The quantitative estimate of drug-likeness (QED) is 0.553. The molecule has 0 radical (unpaired) electrons. The number of hydrogen-bond donors (Lipinski definition) is 0. The monoisotopic (exact) mass is 320 g/mol. The van der Waals surface area contributed by atoms with Gasteiger partial charge in [-0.15, -0.1) is 0 Å². The van der Waals surface area contributed by atoms with Crippen molar-refractivity contribution in [2.75, 3.05) is 0 Å². The summed E-state index contributed by atoms with van der Waals surface area (Å²) in [4.78, 5) is 0. The van der Waals surface area contributed by atoms with Crippen LogP contribution in [0.3, 0.4) is 0 Å². The van der Waals surface area contributed by atoms with E-state index in [9.17, 15) is 0 Å². The van der Waals surface area contributed by atoms with Crippen LogP contribution in [-0.2, 0) is 6.42 Å². The predicted octanol–water partition coefficient (Wildman–Crippen LogP) is 7.06. The second-order valence-electron chi connectivity index (χ2n) is 7.93. The average molecular weight is 321 g/mol. The minimum absolute atomic E-state index is 0.813. The molecule has 1 saturated carbocycles. The molecule has 0 heteroatoms. The van der Waals surface area contributed by atoms with Gasteiger partial charge in [0.25, 0.3) is 0 Å². The molecule has 0 N–H and O–H groups in total. The van der Waals surface area contributed by atoms with Crippen molar-refractivity contribution in [1.82, 2.24) is 0 Å². The maximum Gasteiger partial charge on any atom is -0.0184 e. The van der Waals surface area contributed by atoms with Gasteiger partial charge >= 0.3 is 0 Å². The first-order chi connectivity index (χ1) is 11.7. The summed E-state index contributed by atoms with van der Waals surface area (Å²) in [7, 11) is 0. The third kappa shape index (κ3) is 4.29. The molecule has 2 aromatic carbocycles. The number of benzene rings is 2. The van der Waals surface area contributed by atoms with E-state index in [-0.39, 0.29) is 0 Å². The zero-order valence-electron chi connectivity index (χ0n) is 15.6. The fourth-order valence-electron chi connectivity index (χ4n) is 4.28. The Morgan fingerprint density at radius 1 is 0.833 bits per heavy atom.